The lowest BCUT2D eigenvalue weighted by molar-refractivity contribution is -0.141. The third kappa shape index (κ3) is 4.52. The molecule has 1 aromatic heterocycles. The van der Waals surface area contributed by atoms with Crippen molar-refractivity contribution in [3.63, 3.8) is 0 Å². The summed E-state index contributed by atoms with van der Waals surface area (Å²) in [6, 6.07) is 16.4. The number of aromatic nitrogens is 1. The molecule has 2 aliphatic heterocycles. The van der Waals surface area contributed by atoms with Crippen molar-refractivity contribution in [2.75, 3.05) is 46.6 Å². The number of carbonyl (C=O) groups excluding carboxylic acids is 1. The van der Waals surface area contributed by atoms with E-state index < -0.39 is 5.41 Å². The lowest BCUT2D eigenvalue weighted by Gasteiger charge is -2.40. The number of ether oxygens (including phenoxy) is 3. The van der Waals surface area contributed by atoms with Crippen LogP contribution in [0.3, 0.4) is 0 Å². The molecule has 0 N–H and O–H groups in total. The van der Waals surface area contributed by atoms with Crippen LogP contribution < -0.4 is 4.74 Å². The van der Waals surface area contributed by atoms with Crippen molar-refractivity contribution in [2.24, 2.45) is 5.92 Å². The zero-order valence-corrected chi connectivity index (χ0v) is 19.7. The molecule has 0 aliphatic carbocycles. The molecular formula is C28H32N2O4. The predicted molar refractivity (Wildman–Crippen MR) is 131 cm³/mol. The van der Waals surface area contributed by atoms with Gasteiger partial charge < -0.3 is 19.1 Å². The summed E-state index contributed by atoms with van der Waals surface area (Å²) < 4.78 is 17.0. The maximum absolute atomic E-state index is 14.2. The molecule has 5 rings (SSSR count). The normalized spacial score (nSPS) is 20.6. The molecule has 178 valence electrons. The molecule has 3 aromatic rings. The zero-order chi connectivity index (χ0) is 23.4. The van der Waals surface area contributed by atoms with Gasteiger partial charge in [-0.15, -0.1) is 0 Å². The number of benzene rings is 2. The Hall–Kier alpha value is -2.96. The van der Waals surface area contributed by atoms with Gasteiger partial charge in [0.15, 0.2) is 0 Å². The fourth-order valence-corrected chi connectivity index (χ4v) is 5.41. The zero-order valence-electron chi connectivity index (χ0n) is 19.7. The molecule has 0 bridgehead atoms. The van der Waals surface area contributed by atoms with Gasteiger partial charge in [0.1, 0.15) is 5.75 Å². The Morgan fingerprint density at radius 1 is 1.09 bits per heavy atom. The van der Waals surface area contributed by atoms with Gasteiger partial charge in [-0.2, -0.15) is 0 Å². The van der Waals surface area contributed by atoms with Gasteiger partial charge >= 0.3 is 0 Å². The van der Waals surface area contributed by atoms with Crippen LogP contribution in [-0.4, -0.2) is 62.4 Å². The minimum Gasteiger partial charge on any atom is -0.497 e. The molecule has 0 radical (unpaired) electrons. The lowest BCUT2D eigenvalue weighted by atomic mass is 9.72. The second kappa shape index (κ2) is 10.1. The highest BCUT2D eigenvalue weighted by Crippen LogP contribution is 2.38. The third-order valence-electron chi connectivity index (χ3n) is 7.31. The van der Waals surface area contributed by atoms with Gasteiger partial charge in [0, 0.05) is 50.0 Å². The molecule has 0 spiro atoms. The molecule has 6 nitrogen and oxygen atoms in total. The summed E-state index contributed by atoms with van der Waals surface area (Å²) in [6.45, 7) is 3.70. The molecule has 2 aromatic carbocycles. The van der Waals surface area contributed by atoms with Crippen LogP contribution in [0, 0.1) is 5.92 Å². The van der Waals surface area contributed by atoms with Crippen LogP contribution in [0.5, 0.6) is 5.75 Å². The smallest absolute Gasteiger partial charge is 0.233 e. The molecule has 2 aliphatic rings. The van der Waals surface area contributed by atoms with Crippen LogP contribution >= 0.6 is 0 Å². The van der Waals surface area contributed by atoms with Crippen LogP contribution in [0.2, 0.25) is 0 Å². The Morgan fingerprint density at radius 2 is 1.91 bits per heavy atom. The number of fused-ring (bicyclic) bond motifs is 1. The second-order valence-electron chi connectivity index (χ2n) is 9.33. The molecule has 1 amide bonds. The topological polar surface area (TPSA) is 60.9 Å². The summed E-state index contributed by atoms with van der Waals surface area (Å²) in [5.74, 6) is 1.22. The summed E-state index contributed by atoms with van der Waals surface area (Å²) in [5.41, 5.74) is 1.73. The minimum atomic E-state index is -0.567. The van der Waals surface area contributed by atoms with Crippen molar-refractivity contribution in [3.05, 3.63) is 72.1 Å². The fraction of sp³-hybridized carbons (Fsp3) is 0.429. The van der Waals surface area contributed by atoms with Crippen molar-refractivity contribution in [1.82, 2.24) is 9.88 Å². The van der Waals surface area contributed by atoms with Gasteiger partial charge in [0.25, 0.3) is 0 Å². The quantitative estimate of drug-likeness (QED) is 0.576. The van der Waals surface area contributed by atoms with Crippen molar-refractivity contribution in [2.45, 2.75) is 24.7 Å². The number of rotatable bonds is 5. The summed E-state index contributed by atoms with van der Waals surface area (Å²) in [6.07, 6.45) is 6.00. The van der Waals surface area contributed by atoms with E-state index in [0.29, 0.717) is 52.4 Å². The second-order valence-corrected chi connectivity index (χ2v) is 9.33. The van der Waals surface area contributed by atoms with Crippen molar-refractivity contribution >= 4 is 16.7 Å². The Kier molecular flexibility index (Phi) is 6.79. The van der Waals surface area contributed by atoms with Crippen LogP contribution in [-0.2, 0) is 26.1 Å². The minimum absolute atomic E-state index is 0.191. The van der Waals surface area contributed by atoms with Gasteiger partial charge in [0.05, 0.1) is 25.7 Å². The Balaban J connectivity index is 1.40. The number of methoxy groups -OCH3 is 1. The molecule has 6 heteroatoms. The fourth-order valence-electron chi connectivity index (χ4n) is 5.41. The predicted octanol–water partition coefficient (Wildman–Crippen LogP) is 4.01. The largest absolute Gasteiger partial charge is 0.497 e. The molecule has 2 saturated heterocycles. The molecular weight excluding hydrogens is 428 g/mol. The summed E-state index contributed by atoms with van der Waals surface area (Å²) in [4.78, 5) is 20.5. The van der Waals surface area contributed by atoms with E-state index in [0.717, 1.165) is 17.7 Å². The maximum Gasteiger partial charge on any atom is 0.233 e. The molecule has 34 heavy (non-hydrogen) atoms. The monoisotopic (exact) mass is 460 g/mol. The Morgan fingerprint density at radius 3 is 2.71 bits per heavy atom. The highest BCUT2D eigenvalue weighted by Gasteiger charge is 2.44. The van der Waals surface area contributed by atoms with E-state index in [9.17, 15) is 4.79 Å². The number of hydrogen-bond acceptors (Lipinski definition) is 5. The van der Waals surface area contributed by atoms with E-state index in [1.54, 1.807) is 7.11 Å². The molecule has 3 heterocycles. The van der Waals surface area contributed by atoms with Crippen molar-refractivity contribution < 1.29 is 19.0 Å². The van der Waals surface area contributed by atoms with E-state index >= 15 is 0 Å². The van der Waals surface area contributed by atoms with E-state index in [-0.39, 0.29) is 11.8 Å². The Bertz CT molecular complexity index is 1120. The lowest BCUT2D eigenvalue weighted by Crippen LogP contribution is -2.51. The van der Waals surface area contributed by atoms with Crippen LogP contribution in [0.4, 0.5) is 0 Å². The van der Waals surface area contributed by atoms with Gasteiger partial charge in [-0.25, -0.2) is 0 Å². The van der Waals surface area contributed by atoms with Crippen molar-refractivity contribution in [3.8, 4) is 5.75 Å². The average Bonchev–Trinajstić information content (AvgIpc) is 3.14. The van der Waals surface area contributed by atoms with Gasteiger partial charge in [-0.1, -0.05) is 30.3 Å². The molecule has 0 saturated carbocycles. The first-order chi connectivity index (χ1) is 16.7. The van der Waals surface area contributed by atoms with Gasteiger partial charge in [-0.05, 0) is 54.0 Å². The standard InChI is InChI=1S/C28H32N2O4/c1-32-25-7-5-24(6-8-25)28(10-14-33-15-11-28)27(31)30-13-16-34-20-21(19-30)17-23-4-2-3-22-9-12-29-18-26(22)23/h2-9,12,18,21H,10-11,13-17,19-20H2,1H3/t21-/m1/s1. The van der Waals surface area contributed by atoms with Crippen LogP contribution in [0.25, 0.3) is 10.8 Å². The Labute approximate surface area is 200 Å². The first-order valence-corrected chi connectivity index (χ1v) is 12.1. The SMILES string of the molecule is COc1ccc(C2(C(=O)N3CCOC[C@H](Cc4cccc5ccncc45)C3)CCOCC2)cc1. The number of carbonyl (C=O) groups is 1. The number of pyridine rings is 1. The van der Waals surface area contributed by atoms with Crippen LogP contribution in [0.1, 0.15) is 24.0 Å². The van der Waals surface area contributed by atoms with Gasteiger partial charge in [-0.3, -0.25) is 9.78 Å². The van der Waals surface area contributed by atoms with E-state index in [1.165, 1.54) is 16.3 Å². The number of nitrogens with zero attached hydrogens (tertiary/aromatic N) is 2. The highest BCUT2D eigenvalue weighted by molar-refractivity contribution is 5.89. The van der Waals surface area contributed by atoms with Crippen molar-refractivity contribution in [1.29, 1.82) is 0 Å². The highest BCUT2D eigenvalue weighted by atomic mass is 16.5. The maximum atomic E-state index is 14.2. The molecule has 1 atom stereocenters. The number of amides is 1. The van der Waals surface area contributed by atoms with E-state index in [2.05, 4.69) is 23.2 Å². The van der Waals surface area contributed by atoms with Gasteiger partial charge in [0.2, 0.25) is 5.91 Å². The summed E-state index contributed by atoms with van der Waals surface area (Å²) >= 11 is 0. The molecule has 0 unspecified atom stereocenters. The summed E-state index contributed by atoms with van der Waals surface area (Å²) in [5, 5.41) is 2.36. The van der Waals surface area contributed by atoms with E-state index in [1.807, 2.05) is 47.6 Å². The number of hydrogen-bond donors (Lipinski definition) is 0. The van der Waals surface area contributed by atoms with E-state index in [4.69, 9.17) is 14.2 Å². The van der Waals surface area contributed by atoms with Crippen LogP contribution in [0.15, 0.2) is 60.9 Å². The first kappa shape index (κ1) is 22.8. The summed E-state index contributed by atoms with van der Waals surface area (Å²) in [7, 11) is 1.66. The average molecular weight is 461 g/mol. The third-order valence-corrected chi connectivity index (χ3v) is 7.31. The first-order valence-electron chi connectivity index (χ1n) is 12.1. The molecule has 2 fully saturated rings.